The van der Waals surface area contributed by atoms with Crippen molar-refractivity contribution in [3.8, 4) is 5.75 Å². The third-order valence-corrected chi connectivity index (χ3v) is 9.17. The number of benzene rings is 2. The van der Waals surface area contributed by atoms with Crippen LogP contribution in [0, 0.1) is 5.92 Å². The van der Waals surface area contributed by atoms with Crippen LogP contribution in [0.25, 0.3) is 0 Å². The molecule has 0 radical (unpaired) electrons. The zero-order valence-electron chi connectivity index (χ0n) is 31.0. The van der Waals surface area contributed by atoms with Gasteiger partial charge in [0.2, 0.25) is 23.6 Å². The Hall–Kier alpha value is -5.85. The number of rotatable bonds is 25. The van der Waals surface area contributed by atoms with Gasteiger partial charge in [-0.15, -0.1) is 0 Å². The Bertz CT molecular complexity index is 1790. The highest BCUT2D eigenvalue weighted by Gasteiger charge is 2.34. The van der Waals surface area contributed by atoms with Crippen molar-refractivity contribution in [2.45, 2.75) is 95.3 Å². The Morgan fingerprint density at radius 3 is 1.54 bits per heavy atom. The van der Waals surface area contributed by atoms with Gasteiger partial charge in [0, 0.05) is 19.3 Å². The number of carbonyl (C=O) groups is 8. The highest BCUT2D eigenvalue weighted by Crippen LogP contribution is 2.37. The molecule has 0 spiro atoms. The van der Waals surface area contributed by atoms with E-state index in [1.807, 2.05) is 0 Å². The van der Waals surface area contributed by atoms with Crippen LogP contribution in [0.2, 0.25) is 0 Å². The quantitative estimate of drug-likeness (QED) is 0.0628. The van der Waals surface area contributed by atoms with Gasteiger partial charge in [0.1, 0.15) is 29.9 Å². The van der Waals surface area contributed by atoms with Crippen molar-refractivity contribution in [2.75, 3.05) is 0 Å². The molecule has 0 aliphatic carbocycles. The smallest absolute Gasteiger partial charge is 0.481 e. The molecule has 20 nitrogen and oxygen atoms in total. The van der Waals surface area contributed by atoms with E-state index in [-0.39, 0.29) is 18.6 Å². The van der Waals surface area contributed by atoms with Crippen LogP contribution >= 0.6 is 7.82 Å². The molecule has 10 N–H and O–H groups in total. The maximum atomic E-state index is 13.9. The van der Waals surface area contributed by atoms with Crippen LogP contribution in [-0.2, 0) is 49.3 Å². The van der Waals surface area contributed by atoms with Gasteiger partial charge in [-0.3, -0.25) is 43.3 Å². The molecule has 57 heavy (non-hydrogen) atoms. The Morgan fingerprint density at radius 2 is 1.09 bits per heavy atom. The molecule has 0 aliphatic heterocycles. The van der Waals surface area contributed by atoms with Gasteiger partial charge in [0.05, 0.1) is 5.92 Å². The van der Waals surface area contributed by atoms with Crippen LogP contribution in [0.1, 0.15) is 75.8 Å². The van der Waals surface area contributed by atoms with E-state index in [1.165, 1.54) is 24.3 Å². The molecule has 0 aliphatic rings. The van der Waals surface area contributed by atoms with E-state index >= 15 is 0 Å². The number of amides is 4. The average Bonchev–Trinajstić information content (AvgIpc) is 3.13. The third-order valence-electron chi connectivity index (χ3n) is 8.72. The Balaban J connectivity index is 2.39. The van der Waals surface area contributed by atoms with Crippen molar-refractivity contribution in [1.82, 2.24) is 21.3 Å². The Labute approximate surface area is 326 Å². The topological polar surface area (TPSA) is 332 Å². The number of phosphoric ester groups is 1. The van der Waals surface area contributed by atoms with Crippen LogP contribution in [0.15, 0.2) is 54.6 Å². The second kappa shape index (κ2) is 22.6. The van der Waals surface area contributed by atoms with Crippen molar-refractivity contribution >= 4 is 55.3 Å². The van der Waals surface area contributed by atoms with Crippen LogP contribution < -0.4 is 25.8 Å². The number of nitrogens with one attached hydrogen (secondary N) is 4. The fourth-order valence-corrected chi connectivity index (χ4v) is 5.86. The number of hydrogen-bond acceptors (Lipinski definition) is 10. The number of carboxylic acids is 4. The normalized spacial score (nSPS) is 14.3. The number of carbonyl (C=O) groups excluding carboxylic acids is 4. The first-order valence-corrected chi connectivity index (χ1v) is 19.2. The van der Waals surface area contributed by atoms with Gasteiger partial charge >= 0.3 is 31.7 Å². The van der Waals surface area contributed by atoms with Crippen molar-refractivity contribution in [3.05, 3.63) is 65.7 Å². The zero-order chi connectivity index (χ0) is 42.9. The SMILES string of the molecule is CC[C@H](C)[C@H](NC(=O)[C@H](CCC(=O)O)NC(=O)[C@H](CCC(=O)O)NC(=O)C(Cc1ccc(OP(=O)(O)O)cc1)c1ccccc1)C(=O)N[C@@H](CCC(=O)O)C(=O)O. The minimum Gasteiger partial charge on any atom is -0.481 e. The fourth-order valence-electron chi connectivity index (χ4n) is 5.47. The van der Waals surface area contributed by atoms with Crippen LogP contribution in [0.3, 0.4) is 0 Å². The first-order chi connectivity index (χ1) is 26.7. The maximum Gasteiger partial charge on any atom is 0.524 e. The molecule has 0 aromatic heterocycles. The lowest BCUT2D eigenvalue weighted by Gasteiger charge is -2.28. The second-order valence-electron chi connectivity index (χ2n) is 13.1. The molecule has 0 saturated carbocycles. The summed E-state index contributed by atoms with van der Waals surface area (Å²) in [5.74, 6) is -11.2. The summed E-state index contributed by atoms with van der Waals surface area (Å²) in [6.07, 6.45) is -3.07. The first-order valence-electron chi connectivity index (χ1n) is 17.7. The van der Waals surface area contributed by atoms with Gasteiger partial charge in [-0.1, -0.05) is 62.7 Å². The second-order valence-corrected chi connectivity index (χ2v) is 14.2. The van der Waals surface area contributed by atoms with E-state index in [0.29, 0.717) is 11.1 Å². The van der Waals surface area contributed by atoms with Crippen molar-refractivity contribution in [1.29, 1.82) is 0 Å². The predicted octanol–water partition coefficient (Wildman–Crippen LogP) is 1.15. The van der Waals surface area contributed by atoms with Crippen LogP contribution in [0.5, 0.6) is 5.75 Å². The summed E-state index contributed by atoms with van der Waals surface area (Å²) >= 11 is 0. The fraction of sp³-hybridized carbons (Fsp3) is 0.444. The molecule has 6 atom stereocenters. The van der Waals surface area contributed by atoms with Crippen molar-refractivity contribution in [2.24, 2.45) is 5.92 Å². The van der Waals surface area contributed by atoms with E-state index in [0.717, 1.165) is 0 Å². The van der Waals surface area contributed by atoms with Crippen molar-refractivity contribution < 1.29 is 77.7 Å². The monoisotopic (exact) mass is 822 g/mol. The number of aliphatic carboxylic acids is 4. The van der Waals surface area contributed by atoms with E-state index in [1.54, 1.807) is 44.2 Å². The standard InChI is InChI=1S/C36H47N4O16P/c1-3-20(2)31(35(50)39-27(36(51)52)15-18-30(45)46)40-34(49)26(14-17-29(43)44)38-33(48)25(13-16-28(41)42)37-32(47)24(22-7-5-4-6-8-22)19-21-9-11-23(12-10-21)56-57(53,54)55/h4-12,20,24-27,31H,3,13-19H2,1-2H3,(H,37,47)(H,38,48)(H,39,50)(H,40,49)(H,41,42)(H,43,44)(H,45,46)(H,51,52)(H2,53,54,55)/t20-,24?,25-,26-,27-,31-/m0/s1. The number of carboxylic acid groups (broad SMARTS) is 4. The van der Waals surface area contributed by atoms with Gasteiger partial charge in [0.15, 0.2) is 0 Å². The van der Waals surface area contributed by atoms with E-state index in [4.69, 9.17) is 14.9 Å². The summed E-state index contributed by atoms with van der Waals surface area (Å²) in [5, 5.41) is 46.8. The molecule has 21 heteroatoms. The maximum absolute atomic E-state index is 13.9. The van der Waals surface area contributed by atoms with Crippen molar-refractivity contribution in [3.63, 3.8) is 0 Å². The largest absolute Gasteiger partial charge is 0.524 e. The summed E-state index contributed by atoms with van der Waals surface area (Å²) < 4.78 is 15.8. The lowest BCUT2D eigenvalue weighted by molar-refractivity contribution is -0.144. The predicted molar refractivity (Wildman–Crippen MR) is 197 cm³/mol. The molecule has 4 amide bonds. The summed E-state index contributed by atoms with van der Waals surface area (Å²) in [4.78, 5) is 119. The highest BCUT2D eigenvalue weighted by molar-refractivity contribution is 7.46. The molecular formula is C36H47N4O16P. The van der Waals surface area contributed by atoms with Gasteiger partial charge < -0.3 is 46.2 Å². The summed E-state index contributed by atoms with van der Waals surface area (Å²) in [7, 11) is -4.84. The Kier molecular flexibility index (Phi) is 18.8. The molecule has 2 rings (SSSR count). The highest BCUT2D eigenvalue weighted by atomic mass is 31.2. The van der Waals surface area contributed by atoms with E-state index in [9.17, 15) is 58.2 Å². The summed E-state index contributed by atoms with van der Waals surface area (Å²) in [6.45, 7) is 3.21. The molecule has 0 saturated heterocycles. The lowest BCUT2D eigenvalue weighted by atomic mass is 9.90. The van der Waals surface area contributed by atoms with Gasteiger partial charge in [-0.2, -0.15) is 0 Å². The van der Waals surface area contributed by atoms with Crippen LogP contribution in [0.4, 0.5) is 0 Å². The van der Waals surface area contributed by atoms with E-state index < -0.39 is 130 Å². The Morgan fingerprint density at radius 1 is 0.632 bits per heavy atom. The third kappa shape index (κ3) is 17.2. The summed E-state index contributed by atoms with van der Waals surface area (Å²) in [5.41, 5.74) is 0.981. The summed E-state index contributed by atoms with van der Waals surface area (Å²) in [6, 6.07) is 7.43. The number of phosphoric acid groups is 1. The van der Waals surface area contributed by atoms with Gasteiger partial charge in [0.25, 0.3) is 0 Å². The molecule has 2 aromatic rings. The average molecular weight is 823 g/mol. The molecule has 0 bridgehead atoms. The van der Waals surface area contributed by atoms with E-state index in [2.05, 4.69) is 25.8 Å². The molecule has 0 fully saturated rings. The first kappa shape index (κ1) is 47.3. The molecule has 312 valence electrons. The molecule has 0 heterocycles. The minimum atomic E-state index is -4.84. The van der Waals surface area contributed by atoms with Gasteiger partial charge in [-0.05, 0) is 54.9 Å². The lowest BCUT2D eigenvalue weighted by Crippen LogP contribution is -2.59. The molecule has 2 aromatic carbocycles. The molecular weight excluding hydrogens is 775 g/mol. The van der Waals surface area contributed by atoms with Gasteiger partial charge in [-0.25, -0.2) is 9.36 Å². The van der Waals surface area contributed by atoms with Crippen LogP contribution in [-0.4, -0.2) is 102 Å². The minimum absolute atomic E-state index is 0.0128. The zero-order valence-corrected chi connectivity index (χ0v) is 31.9. The number of hydrogen-bond donors (Lipinski definition) is 10. The molecule has 1 unspecified atom stereocenters.